The van der Waals surface area contributed by atoms with E-state index in [1.165, 1.54) is 6.92 Å². The maximum Gasteiger partial charge on any atom is 0.152 e. The molecule has 0 radical (unpaired) electrons. The van der Waals surface area contributed by atoms with Gasteiger partial charge in [-0.15, -0.1) is 0 Å². The first-order chi connectivity index (χ1) is 12.0. The van der Waals surface area contributed by atoms with Crippen LogP contribution in [0.5, 0.6) is 5.75 Å². The molecule has 1 aliphatic rings. The molecular formula is C19H16N4O2. The van der Waals surface area contributed by atoms with Crippen molar-refractivity contribution < 1.29 is 9.53 Å². The van der Waals surface area contributed by atoms with Gasteiger partial charge in [0.05, 0.1) is 30.7 Å². The zero-order valence-corrected chi connectivity index (χ0v) is 14.1. The van der Waals surface area contributed by atoms with Gasteiger partial charge in [-0.1, -0.05) is 12.1 Å². The van der Waals surface area contributed by atoms with E-state index >= 15 is 0 Å². The maximum atomic E-state index is 12.2. The SMILES string of the molecule is COc1ccc([C@H]2[C@@H](C(C)=O)C(C)=NC(=C(C#N)C#N)[C@H]2C#N)cc1. The van der Waals surface area contributed by atoms with Gasteiger partial charge in [-0.05, 0) is 31.5 Å². The van der Waals surface area contributed by atoms with Gasteiger partial charge in [0.1, 0.15) is 23.7 Å². The third-order valence-electron chi connectivity index (χ3n) is 4.32. The fourth-order valence-electron chi connectivity index (χ4n) is 3.20. The summed E-state index contributed by atoms with van der Waals surface area (Å²) in [5, 5.41) is 28.1. The van der Waals surface area contributed by atoms with Crippen molar-refractivity contribution in [3.63, 3.8) is 0 Å². The first-order valence-electron chi connectivity index (χ1n) is 7.62. The summed E-state index contributed by atoms with van der Waals surface area (Å²) >= 11 is 0. The molecule has 0 N–H and O–H groups in total. The largest absolute Gasteiger partial charge is 0.497 e. The lowest BCUT2D eigenvalue weighted by Gasteiger charge is -2.34. The molecule has 0 aliphatic carbocycles. The highest BCUT2D eigenvalue weighted by molar-refractivity contribution is 6.05. The lowest BCUT2D eigenvalue weighted by Crippen LogP contribution is -2.36. The predicted octanol–water partition coefficient (Wildman–Crippen LogP) is 2.90. The van der Waals surface area contributed by atoms with Gasteiger partial charge in [0.25, 0.3) is 0 Å². The summed E-state index contributed by atoms with van der Waals surface area (Å²) in [5.74, 6) is -1.42. The van der Waals surface area contributed by atoms with Gasteiger partial charge in [0, 0.05) is 11.6 Å². The Morgan fingerprint density at radius 3 is 2.20 bits per heavy atom. The van der Waals surface area contributed by atoms with Gasteiger partial charge in [-0.3, -0.25) is 9.79 Å². The number of hydrogen-bond acceptors (Lipinski definition) is 6. The Morgan fingerprint density at radius 1 is 1.16 bits per heavy atom. The molecule has 25 heavy (non-hydrogen) atoms. The average molecular weight is 332 g/mol. The van der Waals surface area contributed by atoms with Gasteiger partial charge in [0.15, 0.2) is 5.57 Å². The van der Waals surface area contributed by atoms with Gasteiger partial charge in [-0.25, -0.2) is 0 Å². The second-order valence-electron chi connectivity index (χ2n) is 5.73. The molecular weight excluding hydrogens is 316 g/mol. The third kappa shape index (κ3) is 3.27. The summed E-state index contributed by atoms with van der Waals surface area (Å²) < 4.78 is 5.15. The fraction of sp³-hybridized carbons (Fsp3) is 0.316. The molecule has 0 fully saturated rings. The van der Waals surface area contributed by atoms with Crippen LogP contribution in [0.1, 0.15) is 25.3 Å². The number of hydrogen-bond donors (Lipinski definition) is 0. The van der Waals surface area contributed by atoms with Crippen LogP contribution in [0.3, 0.4) is 0 Å². The zero-order valence-electron chi connectivity index (χ0n) is 14.1. The predicted molar refractivity (Wildman–Crippen MR) is 90.4 cm³/mol. The van der Waals surface area contributed by atoms with E-state index in [0.717, 1.165) is 5.56 Å². The molecule has 0 aromatic heterocycles. The lowest BCUT2D eigenvalue weighted by atomic mass is 9.70. The van der Waals surface area contributed by atoms with Crippen molar-refractivity contribution in [2.75, 3.05) is 7.11 Å². The minimum Gasteiger partial charge on any atom is -0.497 e. The monoisotopic (exact) mass is 332 g/mol. The minimum absolute atomic E-state index is 0.114. The van der Waals surface area contributed by atoms with E-state index in [1.54, 1.807) is 50.4 Å². The van der Waals surface area contributed by atoms with Crippen molar-refractivity contribution in [1.29, 1.82) is 15.8 Å². The van der Waals surface area contributed by atoms with Crippen molar-refractivity contribution in [3.8, 4) is 24.0 Å². The van der Waals surface area contributed by atoms with Gasteiger partial charge < -0.3 is 4.74 Å². The molecule has 1 heterocycles. The molecule has 124 valence electrons. The first-order valence-corrected chi connectivity index (χ1v) is 7.62. The number of Topliss-reactive ketones (excluding diaryl/α,β-unsaturated/α-hetero) is 1. The standard InChI is InChI=1S/C19H16N4O2/c1-11-17(12(2)24)18(13-4-6-15(25-3)7-5-13)16(10-22)19(23-11)14(8-20)9-21/h4-7,16-18H,1-3H3/t16-,17+,18+/m0/s1. The highest BCUT2D eigenvalue weighted by Gasteiger charge is 2.42. The number of carbonyl (C=O) groups is 1. The van der Waals surface area contributed by atoms with E-state index < -0.39 is 17.8 Å². The molecule has 0 bridgehead atoms. The van der Waals surface area contributed by atoms with E-state index in [2.05, 4.69) is 11.1 Å². The molecule has 0 saturated carbocycles. The smallest absolute Gasteiger partial charge is 0.152 e. The molecule has 1 aliphatic heterocycles. The van der Waals surface area contributed by atoms with Crippen LogP contribution in [-0.2, 0) is 4.79 Å². The van der Waals surface area contributed by atoms with Crippen LogP contribution in [0.15, 0.2) is 40.5 Å². The Balaban J connectivity index is 2.72. The normalized spacial score (nSPS) is 22.0. The molecule has 2 rings (SSSR count). The molecule has 0 unspecified atom stereocenters. The van der Waals surface area contributed by atoms with Crippen LogP contribution in [0.4, 0.5) is 0 Å². The number of allylic oxidation sites excluding steroid dienone is 2. The molecule has 6 nitrogen and oxygen atoms in total. The van der Waals surface area contributed by atoms with E-state index in [-0.39, 0.29) is 17.1 Å². The number of rotatable bonds is 3. The van der Waals surface area contributed by atoms with Crippen molar-refractivity contribution in [1.82, 2.24) is 0 Å². The Labute approximate surface area is 146 Å². The summed E-state index contributed by atoms with van der Waals surface area (Å²) in [6.07, 6.45) is 0. The summed E-state index contributed by atoms with van der Waals surface area (Å²) in [5.41, 5.74) is 1.18. The Bertz CT molecular complexity index is 860. The second kappa shape index (κ2) is 7.43. The highest BCUT2D eigenvalue weighted by atomic mass is 16.5. The number of methoxy groups -OCH3 is 1. The summed E-state index contributed by atoms with van der Waals surface area (Å²) in [4.78, 5) is 16.5. The summed E-state index contributed by atoms with van der Waals surface area (Å²) in [6, 6.07) is 12.8. The van der Waals surface area contributed by atoms with Crippen molar-refractivity contribution in [3.05, 3.63) is 41.1 Å². The van der Waals surface area contributed by atoms with Gasteiger partial charge >= 0.3 is 0 Å². The second-order valence-corrected chi connectivity index (χ2v) is 5.73. The van der Waals surface area contributed by atoms with Crippen molar-refractivity contribution >= 4 is 11.5 Å². The van der Waals surface area contributed by atoms with E-state index in [1.807, 2.05) is 0 Å². The van der Waals surface area contributed by atoms with Crippen LogP contribution in [0.25, 0.3) is 0 Å². The quantitative estimate of drug-likeness (QED) is 0.790. The number of benzene rings is 1. The maximum absolute atomic E-state index is 12.2. The first kappa shape index (κ1) is 17.9. The van der Waals surface area contributed by atoms with Gasteiger partial charge in [-0.2, -0.15) is 15.8 Å². The molecule has 0 amide bonds. The third-order valence-corrected chi connectivity index (χ3v) is 4.32. The van der Waals surface area contributed by atoms with E-state index in [9.17, 15) is 20.6 Å². The topological polar surface area (TPSA) is 110 Å². The number of ketones is 1. The fourth-order valence-corrected chi connectivity index (χ4v) is 3.20. The van der Waals surface area contributed by atoms with Crippen LogP contribution < -0.4 is 4.74 Å². The van der Waals surface area contributed by atoms with Crippen LogP contribution >= 0.6 is 0 Å². The number of ether oxygens (including phenoxy) is 1. The van der Waals surface area contributed by atoms with E-state index in [4.69, 9.17) is 4.74 Å². The van der Waals surface area contributed by atoms with Crippen LogP contribution in [0, 0.1) is 45.8 Å². The van der Waals surface area contributed by atoms with Gasteiger partial charge in [0.2, 0.25) is 0 Å². The summed E-state index contributed by atoms with van der Waals surface area (Å²) in [7, 11) is 1.55. The number of aliphatic imine (C=N–C) groups is 1. The highest BCUT2D eigenvalue weighted by Crippen LogP contribution is 2.43. The Morgan fingerprint density at radius 2 is 1.76 bits per heavy atom. The number of carbonyl (C=O) groups excluding carboxylic acids is 1. The lowest BCUT2D eigenvalue weighted by molar-refractivity contribution is -0.119. The van der Waals surface area contributed by atoms with Crippen LogP contribution in [0.2, 0.25) is 0 Å². The Hall–Kier alpha value is -3.43. The van der Waals surface area contributed by atoms with E-state index in [0.29, 0.717) is 11.5 Å². The molecule has 3 atom stereocenters. The number of nitrogens with zero attached hydrogens (tertiary/aromatic N) is 4. The molecule has 0 saturated heterocycles. The summed E-state index contributed by atoms with van der Waals surface area (Å²) in [6.45, 7) is 3.14. The van der Waals surface area contributed by atoms with Crippen molar-refractivity contribution in [2.45, 2.75) is 19.8 Å². The minimum atomic E-state index is -0.861. The number of nitriles is 3. The van der Waals surface area contributed by atoms with Crippen LogP contribution in [-0.4, -0.2) is 18.6 Å². The van der Waals surface area contributed by atoms with Crippen molar-refractivity contribution in [2.24, 2.45) is 16.8 Å². The molecule has 0 spiro atoms. The zero-order chi connectivity index (χ0) is 18.6. The average Bonchev–Trinajstić information content (AvgIpc) is 2.62. The Kier molecular flexibility index (Phi) is 5.32. The molecule has 6 heteroatoms. The molecule has 1 aromatic carbocycles. The molecule has 1 aromatic rings.